The van der Waals surface area contributed by atoms with Crippen LogP contribution < -0.4 is 10.6 Å². The molecule has 0 aliphatic heterocycles. The fourth-order valence-electron chi connectivity index (χ4n) is 2.25. The third-order valence-electron chi connectivity index (χ3n) is 4.10. The smallest absolute Gasteiger partial charge is 0.191 e. The quantitative estimate of drug-likeness (QED) is 0.418. The van der Waals surface area contributed by atoms with Crippen LogP contribution in [0.25, 0.3) is 0 Å². The maximum Gasteiger partial charge on any atom is 0.191 e. The fraction of sp³-hybridized carbons (Fsp3) is 0.611. The van der Waals surface area contributed by atoms with Crippen molar-refractivity contribution in [3.8, 4) is 0 Å². The number of nitrogens with one attached hydrogen (secondary N) is 2. The Kier molecular flexibility index (Phi) is 9.31. The molecule has 124 valence electrons. The summed E-state index contributed by atoms with van der Waals surface area (Å²) in [4.78, 5) is 6.64. The highest BCUT2D eigenvalue weighted by atomic mass is 15.2. The molecule has 0 saturated carbocycles. The molecule has 0 spiro atoms. The van der Waals surface area contributed by atoms with Gasteiger partial charge in [-0.1, -0.05) is 37.3 Å². The van der Waals surface area contributed by atoms with Crippen LogP contribution in [0.3, 0.4) is 0 Å². The van der Waals surface area contributed by atoms with Crippen LogP contribution >= 0.6 is 0 Å². The predicted octanol–water partition coefficient (Wildman–Crippen LogP) is 2.51. The summed E-state index contributed by atoms with van der Waals surface area (Å²) < 4.78 is 0. The molecule has 4 nitrogen and oxygen atoms in total. The molecule has 0 saturated heterocycles. The summed E-state index contributed by atoms with van der Waals surface area (Å²) in [5.41, 5.74) is 1.39. The van der Waals surface area contributed by atoms with Crippen LogP contribution in [0.5, 0.6) is 0 Å². The van der Waals surface area contributed by atoms with E-state index in [1.807, 2.05) is 7.05 Å². The van der Waals surface area contributed by atoms with Crippen LogP contribution in [0.15, 0.2) is 35.3 Å². The summed E-state index contributed by atoms with van der Waals surface area (Å²) in [5.74, 6) is 0.894. The average molecular weight is 304 g/mol. The number of guanidine groups is 1. The van der Waals surface area contributed by atoms with Crippen LogP contribution in [-0.4, -0.2) is 50.6 Å². The summed E-state index contributed by atoms with van der Waals surface area (Å²) in [6.07, 6.45) is 3.39. The number of hydrogen-bond donors (Lipinski definition) is 2. The summed E-state index contributed by atoms with van der Waals surface area (Å²) in [7, 11) is 4.00. The zero-order valence-electron chi connectivity index (χ0n) is 14.6. The van der Waals surface area contributed by atoms with E-state index in [0.717, 1.165) is 38.4 Å². The molecule has 1 atom stereocenters. The highest BCUT2D eigenvalue weighted by molar-refractivity contribution is 5.79. The first-order valence-electron chi connectivity index (χ1n) is 8.36. The van der Waals surface area contributed by atoms with E-state index in [4.69, 9.17) is 0 Å². The molecule has 0 bridgehead atoms. The fourth-order valence-corrected chi connectivity index (χ4v) is 2.25. The summed E-state index contributed by atoms with van der Waals surface area (Å²) in [6.45, 7) is 7.37. The molecule has 0 aromatic heterocycles. The third kappa shape index (κ3) is 7.46. The van der Waals surface area contributed by atoms with Crippen LogP contribution in [-0.2, 0) is 6.42 Å². The number of nitrogens with zero attached hydrogens (tertiary/aromatic N) is 2. The van der Waals surface area contributed by atoms with Crippen molar-refractivity contribution in [2.75, 3.05) is 33.7 Å². The van der Waals surface area contributed by atoms with Crippen molar-refractivity contribution < 1.29 is 0 Å². The highest BCUT2D eigenvalue weighted by Gasteiger charge is 2.06. The van der Waals surface area contributed by atoms with Crippen LogP contribution in [0.2, 0.25) is 0 Å². The molecule has 0 amide bonds. The van der Waals surface area contributed by atoms with Gasteiger partial charge in [-0.2, -0.15) is 0 Å². The van der Waals surface area contributed by atoms with Gasteiger partial charge < -0.3 is 15.5 Å². The zero-order valence-corrected chi connectivity index (χ0v) is 14.6. The maximum absolute atomic E-state index is 4.27. The number of rotatable bonds is 9. The summed E-state index contributed by atoms with van der Waals surface area (Å²) >= 11 is 0. The highest BCUT2D eigenvalue weighted by Crippen LogP contribution is 2.01. The van der Waals surface area contributed by atoms with Gasteiger partial charge in [0.1, 0.15) is 0 Å². The van der Waals surface area contributed by atoms with Crippen LogP contribution in [0.1, 0.15) is 32.3 Å². The van der Waals surface area contributed by atoms with E-state index < -0.39 is 0 Å². The molecule has 2 N–H and O–H groups in total. The van der Waals surface area contributed by atoms with Gasteiger partial charge in [0.25, 0.3) is 0 Å². The lowest BCUT2D eigenvalue weighted by atomic mass is 10.1. The number of likely N-dealkylation sites (N-methyl/N-ethyl adjacent to an activating group) is 1. The standard InChI is InChI=1S/C18H32N4/c1-5-16(2)22(4)15-14-21-18(19-3)20-13-9-12-17-10-7-6-8-11-17/h6-8,10-11,16H,5,9,12-15H2,1-4H3,(H2,19,20,21). The summed E-state index contributed by atoms with van der Waals surface area (Å²) in [5, 5.41) is 6.75. The first-order chi connectivity index (χ1) is 10.7. The molecule has 0 aliphatic carbocycles. The molecule has 1 aromatic rings. The molecular formula is C18H32N4. The third-order valence-corrected chi connectivity index (χ3v) is 4.10. The van der Waals surface area contributed by atoms with Crippen LogP contribution in [0.4, 0.5) is 0 Å². The SMILES string of the molecule is CCC(C)N(C)CCNC(=NC)NCCCc1ccccc1. The molecule has 22 heavy (non-hydrogen) atoms. The van der Waals surface area contributed by atoms with Gasteiger partial charge in [0, 0.05) is 32.7 Å². The van der Waals surface area contributed by atoms with Gasteiger partial charge in [-0.25, -0.2) is 0 Å². The van der Waals surface area contributed by atoms with Gasteiger partial charge >= 0.3 is 0 Å². The molecule has 0 aliphatic rings. The van der Waals surface area contributed by atoms with Crippen molar-refractivity contribution in [2.24, 2.45) is 4.99 Å². The minimum Gasteiger partial charge on any atom is -0.356 e. The lowest BCUT2D eigenvalue weighted by Crippen LogP contribution is -2.42. The lowest BCUT2D eigenvalue weighted by molar-refractivity contribution is 0.255. The van der Waals surface area contributed by atoms with Gasteiger partial charge in [-0.15, -0.1) is 0 Å². The first-order valence-corrected chi connectivity index (χ1v) is 8.36. The Morgan fingerprint density at radius 3 is 2.50 bits per heavy atom. The minimum absolute atomic E-state index is 0.627. The van der Waals surface area contributed by atoms with E-state index in [0.29, 0.717) is 6.04 Å². The Bertz CT molecular complexity index is 416. The van der Waals surface area contributed by atoms with E-state index in [9.17, 15) is 0 Å². The number of hydrogen-bond acceptors (Lipinski definition) is 2. The second-order valence-corrected chi connectivity index (χ2v) is 5.75. The second kappa shape index (κ2) is 11.1. The van der Waals surface area contributed by atoms with Crippen molar-refractivity contribution in [1.29, 1.82) is 0 Å². The largest absolute Gasteiger partial charge is 0.356 e. The summed E-state index contributed by atoms with van der Waals surface area (Å²) in [6, 6.07) is 11.2. The van der Waals surface area contributed by atoms with Crippen molar-refractivity contribution in [2.45, 2.75) is 39.2 Å². The zero-order chi connectivity index (χ0) is 16.2. The van der Waals surface area contributed by atoms with Crippen molar-refractivity contribution in [1.82, 2.24) is 15.5 Å². The molecule has 1 unspecified atom stereocenters. The topological polar surface area (TPSA) is 39.7 Å². The van der Waals surface area contributed by atoms with Gasteiger partial charge in [0.2, 0.25) is 0 Å². The van der Waals surface area contributed by atoms with E-state index in [-0.39, 0.29) is 0 Å². The molecule has 4 heteroatoms. The van der Waals surface area contributed by atoms with Crippen molar-refractivity contribution in [3.63, 3.8) is 0 Å². The predicted molar refractivity (Wildman–Crippen MR) is 96.5 cm³/mol. The van der Waals surface area contributed by atoms with Gasteiger partial charge in [-0.3, -0.25) is 4.99 Å². The Morgan fingerprint density at radius 2 is 1.86 bits per heavy atom. The Morgan fingerprint density at radius 1 is 1.18 bits per heavy atom. The maximum atomic E-state index is 4.27. The van der Waals surface area contributed by atoms with Crippen molar-refractivity contribution in [3.05, 3.63) is 35.9 Å². The molecule has 1 rings (SSSR count). The van der Waals surface area contributed by atoms with Crippen molar-refractivity contribution >= 4 is 5.96 Å². The Hall–Kier alpha value is -1.55. The van der Waals surface area contributed by atoms with E-state index >= 15 is 0 Å². The monoisotopic (exact) mass is 304 g/mol. The Balaban J connectivity index is 2.15. The molecule has 0 heterocycles. The average Bonchev–Trinajstić information content (AvgIpc) is 2.56. The Labute approximate surface area is 136 Å². The van der Waals surface area contributed by atoms with E-state index in [1.165, 1.54) is 12.0 Å². The van der Waals surface area contributed by atoms with E-state index in [1.54, 1.807) is 0 Å². The molecule has 0 fully saturated rings. The minimum atomic E-state index is 0.627. The number of aliphatic imine (C=N–C) groups is 1. The van der Waals surface area contributed by atoms with Gasteiger partial charge in [0.15, 0.2) is 5.96 Å². The normalized spacial score (nSPS) is 13.2. The number of aryl methyl sites for hydroxylation is 1. The van der Waals surface area contributed by atoms with E-state index in [2.05, 4.69) is 71.8 Å². The van der Waals surface area contributed by atoms with Gasteiger partial charge in [0.05, 0.1) is 0 Å². The second-order valence-electron chi connectivity index (χ2n) is 5.75. The van der Waals surface area contributed by atoms with Crippen LogP contribution in [0, 0.1) is 0 Å². The first kappa shape index (κ1) is 18.5. The lowest BCUT2D eigenvalue weighted by Gasteiger charge is -2.24. The number of benzene rings is 1. The molecule has 1 aromatic carbocycles. The molecular weight excluding hydrogens is 272 g/mol. The van der Waals surface area contributed by atoms with Gasteiger partial charge in [-0.05, 0) is 38.8 Å². The molecule has 0 radical (unpaired) electrons.